The highest BCUT2D eigenvalue weighted by Gasteiger charge is 2.39. The van der Waals surface area contributed by atoms with Gasteiger partial charge < -0.3 is 20.4 Å². The van der Waals surface area contributed by atoms with Crippen LogP contribution in [0.15, 0.2) is 6.33 Å². The van der Waals surface area contributed by atoms with Gasteiger partial charge in [-0.15, -0.1) is 0 Å². The van der Waals surface area contributed by atoms with Crippen molar-refractivity contribution in [3.63, 3.8) is 0 Å². The minimum atomic E-state index is -0.347. The van der Waals surface area contributed by atoms with Gasteiger partial charge in [0.2, 0.25) is 11.6 Å². The molecule has 2 aliphatic heterocycles. The van der Waals surface area contributed by atoms with Gasteiger partial charge in [-0.25, -0.2) is 9.97 Å². The van der Waals surface area contributed by atoms with Crippen LogP contribution in [-0.2, 0) is 0 Å². The first-order valence-electron chi connectivity index (χ1n) is 10.4. The van der Waals surface area contributed by atoms with Crippen LogP contribution < -0.4 is 15.5 Å². The zero-order chi connectivity index (χ0) is 21.4. The molecule has 9 heteroatoms. The summed E-state index contributed by atoms with van der Waals surface area (Å²) in [5.41, 5.74) is -0.146. The first-order chi connectivity index (χ1) is 13.5. The van der Waals surface area contributed by atoms with Gasteiger partial charge in [0.1, 0.15) is 6.33 Å². The molecule has 0 bridgehead atoms. The van der Waals surface area contributed by atoms with Crippen molar-refractivity contribution in [3.8, 4) is 0 Å². The number of piperidine rings is 2. The average Bonchev–Trinajstić information content (AvgIpc) is 2.58. The normalized spacial score (nSPS) is 23.0. The summed E-state index contributed by atoms with van der Waals surface area (Å²) in [6, 6.07) is 0.334. The summed E-state index contributed by atoms with van der Waals surface area (Å²) in [4.78, 5) is 24.5. The van der Waals surface area contributed by atoms with Crippen molar-refractivity contribution in [2.24, 2.45) is 0 Å². The minimum absolute atomic E-state index is 0.0249. The van der Waals surface area contributed by atoms with E-state index in [0.29, 0.717) is 11.6 Å². The highest BCUT2D eigenvalue weighted by atomic mass is 16.6. The molecule has 162 valence electrons. The van der Waals surface area contributed by atoms with Crippen LogP contribution in [0.25, 0.3) is 0 Å². The van der Waals surface area contributed by atoms with Gasteiger partial charge in [-0.1, -0.05) is 0 Å². The lowest BCUT2D eigenvalue weighted by Gasteiger charge is -2.46. The van der Waals surface area contributed by atoms with E-state index in [1.807, 2.05) is 11.9 Å². The number of nitro groups is 1. The van der Waals surface area contributed by atoms with E-state index >= 15 is 0 Å². The molecule has 0 saturated carbocycles. The quantitative estimate of drug-likeness (QED) is 0.570. The largest absolute Gasteiger partial charge is 0.361 e. The van der Waals surface area contributed by atoms with E-state index < -0.39 is 0 Å². The van der Waals surface area contributed by atoms with Crippen LogP contribution in [0, 0.1) is 10.1 Å². The predicted molar refractivity (Wildman–Crippen MR) is 116 cm³/mol. The van der Waals surface area contributed by atoms with E-state index in [4.69, 9.17) is 0 Å². The maximum atomic E-state index is 12.0. The van der Waals surface area contributed by atoms with Gasteiger partial charge in [-0.2, -0.15) is 0 Å². The van der Waals surface area contributed by atoms with Gasteiger partial charge in [0.05, 0.1) is 4.92 Å². The fourth-order valence-corrected chi connectivity index (χ4v) is 5.07. The Balaban J connectivity index is 1.86. The monoisotopic (exact) mass is 405 g/mol. The lowest BCUT2D eigenvalue weighted by atomic mass is 9.79. The second-order valence-corrected chi connectivity index (χ2v) is 9.94. The van der Waals surface area contributed by atoms with Crippen molar-refractivity contribution in [1.82, 2.24) is 20.2 Å². The molecule has 1 aromatic rings. The van der Waals surface area contributed by atoms with Gasteiger partial charge in [0, 0.05) is 30.2 Å². The molecule has 0 radical (unpaired) electrons. The number of hydrogen-bond acceptors (Lipinski definition) is 8. The molecule has 2 aliphatic rings. The number of aromatic nitrogens is 2. The molecule has 2 fully saturated rings. The Hall–Kier alpha value is -2.00. The van der Waals surface area contributed by atoms with Crippen LogP contribution in [0.5, 0.6) is 0 Å². The second kappa shape index (κ2) is 8.02. The van der Waals surface area contributed by atoms with E-state index in [2.05, 4.69) is 60.2 Å². The van der Waals surface area contributed by atoms with Crippen molar-refractivity contribution in [2.75, 3.05) is 37.4 Å². The number of likely N-dealkylation sites (tertiary alicyclic amines) is 1. The highest BCUT2D eigenvalue weighted by Crippen LogP contribution is 2.36. The average molecular weight is 406 g/mol. The molecule has 2 N–H and O–H groups in total. The maximum Gasteiger partial charge on any atom is 0.353 e. The predicted octanol–water partition coefficient (Wildman–Crippen LogP) is 2.64. The standard InChI is InChI=1S/C20H35N7O2/c1-19(2)11-14(12-20(3,4)24-19)23-17-16(27(28)29)18(22-13-21-17)26(6)15-7-9-25(5)10-8-15/h13-15,24H,7-12H2,1-6H3,(H,21,22,23). The number of rotatable bonds is 5. The molecular weight excluding hydrogens is 370 g/mol. The molecule has 0 aromatic carbocycles. The molecule has 3 rings (SSSR count). The van der Waals surface area contributed by atoms with E-state index in [9.17, 15) is 10.1 Å². The summed E-state index contributed by atoms with van der Waals surface area (Å²) in [5.74, 6) is 0.716. The lowest BCUT2D eigenvalue weighted by molar-refractivity contribution is -0.383. The van der Waals surface area contributed by atoms with E-state index in [-0.39, 0.29) is 33.8 Å². The second-order valence-electron chi connectivity index (χ2n) is 9.94. The number of nitrogens with one attached hydrogen (secondary N) is 2. The lowest BCUT2D eigenvalue weighted by Crippen LogP contribution is -2.60. The molecule has 0 aliphatic carbocycles. The number of anilines is 2. The Morgan fingerprint density at radius 3 is 2.34 bits per heavy atom. The van der Waals surface area contributed by atoms with Crippen molar-refractivity contribution < 1.29 is 4.92 Å². The topological polar surface area (TPSA) is 99.5 Å². The Morgan fingerprint density at radius 1 is 1.21 bits per heavy atom. The summed E-state index contributed by atoms with van der Waals surface area (Å²) >= 11 is 0. The Labute approximate surface area is 173 Å². The Morgan fingerprint density at radius 2 is 1.79 bits per heavy atom. The summed E-state index contributed by atoms with van der Waals surface area (Å²) in [5, 5.41) is 19.0. The van der Waals surface area contributed by atoms with E-state index in [1.165, 1.54) is 6.33 Å². The van der Waals surface area contributed by atoms with Crippen molar-refractivity contribution in [3.05, 3.63) is 16.4 Å². The van der Waals surface area contributed by atoms with Gasteiger partial charge in [-0.05, 0) is 73.5 Å². The molecular formula is C20H35N7O2. The molecule has 9 nitrogen and oxygen atoms in total. The van der Waals surface area contributed by atoms with Gasteiger partial charge >= 0.3 is 5.69 Å². The third-order valence-electron chi connectivity index (χ3n) is 6.09. The van der Waals surface area contributed by atoms with Crippen LogP contribution in [0.1, 0.15) is 53.4 Å². The van der Waals surface area contributed by atoms with E-state index in [0.717, 1.165) is 38.8 Å². The van der Waals surface area contributed by atoms with Crippen LogP contribution in [-0.4, -0.2) is 70.1 Å². The van der Waals surface area contributed by atoms with Crippen LogP contribution in [0.4, 0.5) is 17.3 Å². The number of nitrogens with zero attached hydrogens (tertiary/aromatic N) is 5. The molecule has 2 saturated heterocycles. The van der Waals surface area contributed by atoms with Crippen molar-refractivity contribution >= 4 is 17.3 Å². The summed E-state index contributed by atoms with van der Waals surface area (Å²) < 4.78 is 0. The molecule has 0 unspecified atom stereocenters. The van der Waals surface area contributed by atoms with Crippen LogP contribution in [0.2, 0.25) is 0 Å². The first-order valence-corrected chi connectivity index (χ1v) is 10.4. The minimum Gasteiger partial charge on any atom is -0.361 e. The van der Waals surface area contributed by atoms with Crippen LogP contribution >= 0.6 is 0 Å². The zero-order valence-corrected chi connectivity index (χ0v) is 18.5. The fraction of sp³-hybridized carbons (Fsp3) is 0.800. The zero-order valence-electron chi connectivity index (χ0n) is 18.5. The highest BCUT2D eigenvalue weighted by molar-refractivity contribution is 5.70. The molecule has 1 aromatic heterocycles. The Bertz CT molecular complexity index is 728. The smallest absolute Gasteiger partial charge is 0.353 e. The third kappa shape index (κ3) is 5.14. The molecule has 3 heterocycles. The van der Waals surface area contributed by atoms with Gasteiger partial charge in [0.25, 0.3) is 0 Å². The summed E-state index contributed by atoms with van der Waals surface area (Å²) in [6.07, 6.45) is 5.09. The number of hydrogen-bond donors (Lipinski definition) is 2. The SMILES string of the molecule is CN1CCC(N(C)c2ncnc(NC3CC(C)(C)NC(C)(C)C3)c2[N+](=O)[O-])CC1. The van der Waals surface area contributed by atoms with Gasteiger partial charge in [0.15, 0.2) is 0 Å². The first kappa shape index (κ1) is 21.7. The Kier molecular flexibility index (Phi) is 6.01. The molecule has 0 atom stereocenters. The third-order valence-corrected chi connectivity index (χ3v) is 6.09. The summed E-state index contributed by atoms with van der Waals surface area (Å²) in [6.45, 7) is 10.6. The molecule has 29 heavy (non-hydrogen) atoms. The van der Waals surface area contributed by atoms with Crippen LogP contribution in [0.3, 0.4) is 0 Å². The summed E-state index contributed by atoms with van der Waals surface area (Å²) in [7, 11) is 4.01. The van der Waals surface area contributed by atoms with Crippen molar-refractivity contribution in [1.29, 1.82) is 0 Å². The maximum absolute atomic E-state index is 12.0. The van der Waals surface area contributed by atoms with E-state index in [1.54, 1.807) is 0 Å². The van der Waals surface area contributed by atoms with Crippen molar-refractivity contribution in [2.45, 2.75) is 76.5 Å². The fourth-order valence-electron chi connectivity index (χ4n) is 5.07. The van der Waals surface area contributed by atoms with Gasteiger partial charge in [-0.3, -0.25) is 10.1 Å². The molecule has 0 spiro atoms. The molecule has 0 amide bonds.